The van der Waals surface area contributed by atoms with E-state index in [-0.39, 0.29) is 11.1 Å². The van der Waals surface area contributed by atoms with Crippen LogP contribution in [0.2, 0.25) is 0 Å². The van der Waals surface area contributed by atoms with Gasteiger partial charge in [-0.2, -0.15) is 9.61 Å². The predicted octanol–water partition coefficient (Wildman–Crippen LogP) is 1.95. The molecule has 2 rings (SSSR count). The summed E-state index contributed by atoms with van der Waals surface area (Å²) in [5.41, 5.74) is 1.07. The molecule has 96 valence electrons. The number of nitrogens with zero attached hydrogens (tertiary/aromatic N) is 3. The van der Waals surface area contributed by atoms with Crippen LogP contribution in [-0.4, -0.2) is 31.2 Å². The van der Waals surface area contributed by atoms with E-state index in [0.717, 1.165) is 11.5 Å². The minimum absolute atomic E-state index is 0.107. The molecule has 0 saturated carbocycles. The Kier molecular flexibility index (Phi) is 2.73. The number of carboxylic acid groups (broad SMARTS) is 1. The van der Waals surface area contributed by atoms with Crippen molar-refractivity contribution in [3.8, 4) is 0 Å². The monoisotopic (exact) mass is 248 g/mol. The number of hydrogen-bond acceptors (Lipinski definition) is 4. The molecule has 6 heteroatoms. The minimum Gasteiger partial charge on any atom is -0.477 e. The van der Waals surface area contributed by atoms with Crippen LogP contribution in [0.1, 0.15) is 36.8 Å². The lowest BCUT2D eigenvalue weighted by Gasteiger charge is -2.22. The Balaban J connectivity index is 2.64. The van der Waals surface area contributed by atoms with Gasteiger partial charge < -0.3 is 10.4 Å². The van der Waals surface area contributed by atoms with E-state index in [1.54, 1.807) is 0 Å². The van der Waals surface area contributed by atoms with Crippen LogP contribution in [0.15, 0.2) is 12.3 Å². The van der Waals surface area contributed by atoms with Crippen LogP contribution in [0.5, 0.6) is 0 Å². The Hall–Kier alpha value is -2.11. The van der Waals surface area contributed by atoms with Gasteiger partial charge in [-0.15, -0.1) is 0 Å². The largest absolute Gasteiger partial charge is 0.477 e. The lowest BCUT2D eigenvalue weighted by atomic mass is 10.1. The van der Waals surface area contributed by atoms with E-state index in [1.165, 1.54) is 10.7 Å². The van der Waals surface area contributed by atoms with Crippen molar-refractivity contribution in [3.05, 3.63) is 23.5 Å². The Bertz CT molecular complexity index is 610. The number of rotatable bonds is 2. The zero-order valence-corrected chi connectivity index (χ0v) is 10.9. The summed E-state index contributed by atoms with van der Waals surface area (Å²) in [6, 6.07) is 1.84. The van der Waals surface area contributed by atoms with Crippen LogP contribution in [-0.2, 0) is 0 Å². The molecule has 0 fully saturated rings. The summed E-state index contributed by atoms with van der Waals surface area (Å²) < 4.78 is 1.52. The van der Waals surface area contributed by atoms with Gasteiger partial charge >= 0.3 is 5.97 Å². The van der Waals surface area contributed by atoms with E-state index in [0.29, 0.717) is 5.65 Å². The van der Waals surface area contributed by atoms with Gasteiger partial charge in [-0.25, -0.2) is 9.78 Å². The lowest BCUT2D eigenvalue weighted by molar-refractivity contribution is 0.0699. The summed E-state index contributed by atoms with van der Waals surface area (Å²) >= 11 is 0. The highest BCUT2D eigenvalue weighted by atomic mass is 16.4. The molecule has 2 heterocycles. The fourth-order valence-electron chi connectivity index (χ4n) is 1.71. The Labute approximate surface area is 105 Å². The SMILES string of the molecule is Cc1cc(NC(C)(C)C)n2ncc(C(=O)O)c2n1. The number of hydrogen-bond donors (Lipinski definition) is 2. The third kappa shape index (κ3) is 2.27. The summed E-state index contributed by atoms with van der Waals surface area (Å²) in [5.74, 6) is -0.290. The van der Waals surface area contributed by atoms with Crippen molar-refractivity contribution in [2.45, 2.75) is 33.2 Å². The standard InChI is InChI=1S/C12H16N4O2/c1-7-5-9(15-12(2,3)4)16-10(14-7)8(6-13-16)11(17)18/h5-6,15H,1-4H3,(H,17,18). The van der Waals surface area contributed by atoms with E-state index in [1.807, 2.05) is 33.8 Å². The molecular weight excluding hydrogens is 232 g/mol. The molecule has 0 radical (unpaired) electrons. The second-order valence-corrected chi connectivity index (χ2v) is 5.26. The summed E-state index contributed by atoms with van der Waals surface area (Å²) in [7, 11) is 0. The van der Waals surface area contributed by atoms with Crippen LogP contribution < -0.4 is 5.32 Å². The molecule has 2 N–H and O–H groups in total. The molecule has 0 saturated heterocycles. The maximum Gasteiger partial charge on any atom is 0.341 e. The molecule has 0 spiro atoms. The van der Waals surface area contributed by atoms with Crippen molar-refractivity contribution in [2.24, 2.45) is 0 Å². The third-order valence-corrected chi connectivity index (χ3v) is 2.33. The van der Waals surface area contributed by atoms with Crippen LogP contribution in [0.3, 0.4) is 0 Å². The van der Waals surface area contributed by atoms with E-state index >= 15 is 0 Å². The molecule has 0 unspecified atom stereocenters. The highest BCUT2D eigenvalue weighted by Gasteiger charge is 2.18. The molecule has 0 aliphatic rings. The first kappa shape index (κ1) is 12.3. The van der Waals surface area contributed by atoms with Crippen LogP contribution >= 0.6 is 0 Å². The summed E-state index contributed by atoms with van der Waals surface area (Å²) in [6.07, 6.45) is 1.32. The number of carbonyl (C=O) groups is 1. The number of carboxylic acids is 1. The maximum atomic E-state index is 11.1. The summed E-state index contributed by atoms with van der Waals surface area (Å²) in [4.78, 5) is 15.3. The van der Waals surface area contributed by atoms with Gasteiger partial charge in [0.25, 0.3) is 0 Å². The van der Waals surface area contributed by atoms with Crippen LogP contribution in [0, 0.1) is 6.92 Å². The van der Waals surface area contributed by atoms with E-state index in [9.17, 15) is 4.79 Å². The minimum atomic E-state index is -1.02. The molecule has 0 aliphatic heterocycles. The zero-order valence-electron chi connectivity index (χ0n) is 10.9. The fraction of sp³-hybridized carbons (Fsp3) is 0.417. The van der Waals surface area contributed by atoms with Gasteiger partial charge in [0.05, 0.1) is 6.20 Å². The first-order valence-corrected chi connectivity index (χ1v) is 5.65. The van der Waals surface area contributed by atoms with Gasteiger partial charge in [0, 0.05) is 17.3 Å². The molecule has 0 aliphatic carbocycles. The van der Waals surface area contributed by atoms with E-state index in [2.05, 4.69) is 15.4 Å². The third-order valence-electron chi connectivity index (χ3n) is 2.33. The number of anilines is 1. The Morgan fingerprint density at radius 2 is 2.11 bits per heavy atom. The van der Waals surface area contributed by atoms with Crippen molar-refractivity contribution in [1.29, 1.82) is 0 Å². The van der Waals surface area contributed by atoms with Crippen molar-refractivity contribution in [2.75, 3.05) is 5.32 Å². The van der Waals surface area contributed by atoms with Gasteiger partial charge in [-0.1, -0.05) is 0 Å². The van der Waals surface area contributed by atoms with Crippen molar-refractivity contribution < 1.29 is 9.90 Å². The number of fused-ring (bicyclic) bond motifs is 1. The van der Waals surface area contributed by atoms with Crippen molar-refractivity contribution >= 4 is 17.4 Å². The van der Waals surface area contributed by atoms with Gasteiger partial charge in [0.2, 0.25) is 0 Å². The summed E-state index contributed by atoms with van der Waals surface area (Å²) in [5, 5.41) is 16.4. The molecule has 0 atom stereocenters. The maximum absolute atomic E-state index is 11.1. The number of aromatic nitrogens is 3. The van der Waals surface area contributed by atoms with Gasteiger partial charge in [-0.3, -0.25) is 0 Å². The fourth-order valence-corrected chi connectivity index (χ4v) is 1.71. The number of aryl methyl sites for hydroxylation is 1. The van der Waals surface area contributed by atoms with Gasteiger partial charge in [0.1, 0.15) is 11.4 Å². The second kappa shape index (κ2) is 3.97. The summed E-state index contributed by atoms with van der Waals surface area (Å²) in [6.45, 7) is 7.90. The van der Waals surface area contributed by atoms with Crippen molar-refractivity contribution in [1.82, 2.24) is 14.6 Å². The molecule has 0 bridgehead atoms. The zero-order chi connectivity index (χ0) is 13.5. The highest BCUT2D eigenvalue weighted by molar-refractivity contribution is 5.94. The lowest BCUT2D eigenvalue weighted by Crippen LogP contribution is -2.27. The normalized spacial score (nSPS) is 11.8. The molecule has 2 aromatic rings. The van der Waals surface area contributed by atoms with Crippen LogP contribution in [0.4, 0.5) is 5.82 Å². The second-order valence-electron chi connectivity index (χ2n) is 5.26. The first-order valence-electron chi connectivity index (χ1n) is 5.65. The average molecular weight is 248 g/mol. The predicted molar refractivity (Wildman–Crippen MR) is 68.1 cm³/mol. The number of nitrogens with one attached hydrogen (secondary N) is 1. The molecule has 6 nitrogen and oxygen atoms in total. The Morgan fingerprint density at radius 3 is 2.67 bits per heavy atom. The van der Waals surface area contributed by atoms with Crippen LogP contribution in [0.25, 0.3) is 5.65 Å². The van der Waals surface area contributed by atoms with E-state index in [4.69, 9.17) is 5.11 Å². The quantitative estimate of drug-likeness (QED) is 0.849. The smallest absolute Gasteiger partial charge is 0.341 e. The molecule has 0 aromatic carbocycles. The first-order chi connectivity index (χ1) is 8.28. The van der Waals surface area contributed by atoms with E-state index < -0.39 is 5.97 Å². The molecule has 0 amide bonds. The highest BCUT2D eigenvalue weighted by Crippen LogP contribution is 2.19. The molecule has 18 heavy (non-hydrogen) atoms. The van der Waals surface area contributed by atoms with Crippen molar-refractivity contribution in [3.63, 3.8) is 0 Å². The Morgan fingerprint density at radius 1 is 1.44 bits per heavy atom. The molecule has 2 aromatic heterocycles. The molecular formula is C12H16N4O2. The topological polar surface area (TPSA) is 79.5 Å². The average Bonchev–Trinajstić information content (AvgIpc) is 2.58. The van der Waals surface area contributed by atoms with Gasteiger partial charge in [-0.05, 0) is 27.7 Å². The van der Waals surface area contributed by atoms with Gasteiger partial charge in [0.15, 0.2) is 5.65 Å². The number of aromatic carboxylic acids is 1.